The molecule has 1 aromatic heterocycles. The molecule has 1 aliphatic carbocycles. The van der Waals surface area contributed by atoms with Crippen LogP contribution in [0.25, 0.3) is 0 Å². The van der Waals surface area contributed by atoms with Crippen LogP contribution < -0.4 is 5.32 Å². The Morgan fingerprint density at radius 1 is 1.12 bits per heavy atom. The lowest BCUT2D eigenvalue weighted by Gasteiger charge is -2.25. The average molecular weight is 232 g/mol. The van der Waals surface area contributed by atoms with Gasteiger partial charge in [0.1, 0.15) is 0 Å². The molecule has 2 heteroatoms. The fraction of sp³-hybridized carbons (Fsp3) is 0.667. The van der Waals surface area contributed by atoms with E-state index in [1.807, 2.05) is 12.4 Å². The zero-order valence-corrected chi connectivity index (χ0v) is 10.9. The van der Waals surface area contributed by atoms with Crippen LogP contribution in [-0.2, 0) is 6.42 Å². The van der Waals surface area contributed by atoms with Crippen LogP contribution >= 0.6 is 0 Å². The monoisotopic (exact) mass is 232 g/mol. The molecule has 0 aromatic carbocycles. The van der Waals surface area contributed by atoms with Gasteiger partial charge in [0.25, 0.3) is 0 Å². The molecule has 2 unspecified atom stereocenters. The Bertz CT molecular complexity index is 310. The predicted octanol–water partition coefficient (Wildman–Crippen LogP) is 3.04. The fourth-order valence-corrected chi connectivity index (χ4v) is 3.08. The lowest BCUT2D eigenvalue weighted by Crippen LogP contribution is -2.26. The van der Waals surface area contributed by atoms with Crippen molar-refractivity contribution >= 4 is 0 Å². The zero-order valence-electron chi connectivity index (χ0n) is 10.9. The average Bonchev–Trinajstić information content (AvgIpc) is 2.57. The highest BCUT2D eigenvalue weighted by Crippen LogP contribution is 2.30. The molecule has 1 aromatic rings. The van der Waals surface area contributed by atoms with E-state index in [1.54, 1.807) is 0 Å². The summed E-state index contributed by atoms with van der Waals surface area (Å²) in [6, 6.07) is 4.34. The highest BCUT2D eigenvalue weighted by Gasteiger charge is 2.23. The second kappa shape index (κ2) is 6.75. The largest absolute Gasteiger partial charge is 0.319 e. The maximum atomic E-state index is 4.10. The second-order valence-corrected chi connectivity index (χ2v) is 5.28. The van der Waals surface area contributed by atoms with Gasteiger partial charge in [-0.1, -0.05) is 19.3 Å². The number of rotatable bonds is 4. The summed E-state index contributed by atoms with van der Waals surface area (Å²) in [5, 5.41) is 3.37. The summed E-state index contributed by atoms with van der Waals surface area (Å²) < 4.78 is 0. The molecule has 0 aliphatic heterocycles. The molecule has 0 spiro atoms. The molecule has 2 nitrogen and oxygen atoms in total. The van der Waals surface area contributed by atoms with Crippen LogP contribution in [0.1, 0.15) is 37.7 Å². The minimum Gasteiger partial charge on any atom is -0.319 e. The van der Waals surface area contributed by atoms with E-state index in [2.05, 4.69) is 29.5 Å². The maximum absolute atomic E-state index is 4.10. The minimum atomic E-state index is 0.854. The zero-order chi connectivity index (χ0) is 11.9. The summed E-state index contributed by atoms with van der Waals surface area (Å²) in [6.07, 6.45) is 12.1. The van der Waals surface area contributed by atoms with Gasteiger partial charge in [-0.05, 0) is 62.4 Å². The Labute approximate surface area is 105 Å². The first-order valence-electron chi connectivity index (χ1n) is 6.93. The van der Waals surface area contributed by atoms with Gasteiger partial charge in [-0.3, -0.25) is 4.98 Å². The summed E-state index contributed by atoms with van der Waals surface area (Å²) in [5.41, 5.74) is 1.45. The number of hydrogen-bond acceptors (Lipinski definition) is 2. The summed E-state index contributed by atoms with van der Waals surface area (Å²) in [4.78, 5) is 4.10. The van der Waals surface area contributed by atoms with Gasteiger partial charge in [0.05, 0.1) is 0 Å². The van der Waals surface area contributed by atoms with Crippen molar-refractivity contribution in [2.45, 2.75) is 38.5 Å². The van der Waals surface area contributed by atoms with Gasteiger partial charge < -0.3 is 5.32 Å². The molecular formula is C15H24N2. The van der Waals surface area contributed by atoms with Gasteiger partial charge in [0.15, 0.2) is 0 Å². The standard InChI is InChI=1S/C15H24N2/c1-16-12-15-6-4-2-3-5-14(15)11-13-7-9-17-10-8-13/h7-10,14-16H,2-6,11-12H2,1H3. The molecule has 1 saturated carbocycles. The van der Waals surface area contributed by atoms with Crippen molar-refractivity contribution in [1.82, 2.24) is 10.3 Å². The first-order valence-corrected chi connectivity index (χ1v) is 6.93. The van der Waals surface area contributed by atoms with Crippen molar-refractivity contribution in [2.24, 2.45) is 11.8 Å². The lowest BCUT2D eigenvalue weighted by atomic mass is 9.83. The highest BCUT2D eigenvalue weighted by molar-refractivity contribution is 5.10. The van der Waals surface area contributed by atoms with Crippen molar-refractivity contribution < 1.29 is 0 Å². The number of nitrogens with zero attached hydrogens (tertiary/aromatic N) is 1. The molecule has 0 radical (unpaired) electrons. The number of pyridine rings is 1. The Hall–Kier alpha value is -0.890. The molecule has 1 N–H and O–H groups in total. The molecule has 1 aliphatic rings. The molecule has 94 valence electrons. The van der Waals surface area contributed by atoms with Gasteiger partial charge in [-0.15, -0.1) is 0 Å². The lowest BCUT2D eigenvalue weighted by molar-refractivity contribution is 0.304. The molecule has 1 heterocycles. The first kappa shape index (κ1) is 12.6. The van der Waals surface area contributed by atoms with E-state index in [4.69, 9.17) is 0 Å². The van der Waals surface area contributed by atoms with Gasteiger partial charge in [-0.25, -0.2) is 0 Å². The van der Waals surface area contributed by atoms with Crippen LogP contribution in [0, 0.1) is 11.8 Å². The van der Waals surface area contributed by atoms with Crippen molar-refractivity contribution in [3.05, 3.63) is 30.1 Å². The number of hydrogen-bond donors (Lipinski definition) is 1. The van der Waals surface area contributed by atoms with Gasteiger partial charge in [-0.2, -0.15) is 0 Å². The van der Waals surface area contributed by atoms with Gasteiger partial charge >= 0.3 is 0 Å². The van der Waals surface area contributed by atoms with E-state index >= 15 is 0 Å². The second-order valence-electron chi connectivity index (χ2n) is 5.28. The maximum Gasteiger partial charge on any atom is 0.0270 e. The summed E-state index contributed by atoms with van der Waals surface area (Å²) in [7, 11) is 2.08. The van der Waals surface area contributed by atoms with Crippen molar-refractivity contribution in [1.29, 1.82) is 0 Å². The van der Waals surface area contributed by atoms with E-state index in [9.17, 15) is 0 Å². The summed E-state index contributed by atoms with van der Waals surface area (Å²) in [5.74, 6) is 1.71. The third-order valence-electron chi connectivity index (χ3n) is 4.03. The third kappa shape index (κ3) is 3.81. The van der Waals surface area contributed by atoms with Crippen molar-refractivity contribution in [3.8, 4) is 0 Å². The normalized spacial score (nSPS) is 25.5. The Kier molecular flexibility index (Phi) is 4.99. The van der Waals surface area contributed by atoms with Crippen LogP contribution in [-0.4, -0.2) is 18.6 Å². The molecule has 17 heavy (non-hydrogen) atoms. The molecule has 0 amide bonds. The van der Waals surface area contributed by atoms with Crippen LogP contribution in [0.2, 0.25) is 0 Å². The van der Waals surface area contributed by atoms with E-state index in [0.717, 1.165) is 11.8 Å². The number of nitrogens with one attached hydrogen (secondary N) is 1. The quantitative estimate of drug-likeness (QED) is 0.807. The van der Waals surface area contributed by atoms with Crippen LogP contribution in [0.4, 0.5) is 0 Å². The molecule has 0 saturated heterocycles. The van der Waals surface area contributed by atoms with Crippen molar-refractivity contribution in [3.63, 3.8) is 0 Å². The Morgan fingerprint density at radius 2 is 1.82 bits per heavy atom. The topological polar surface area (TPSA) is 24.9 Å². The van der Waals surface area contributed by atoms with E-state index in [-0.39, 0.29) is 0 Å². The molecule has 2 atom stereocenters. The van der Waals surface area contributed by atoms with E-state index < -0.39 is 0 Å². The van der Waals surface area contributed by atoms with Crippen molar-refractivity contribution in [2.75, 3.05) is 13.6 Å². The summed E-state index contributed by atoms with van der Waals surface area (Å²) in [6.45, 7) is 1.18. The van der Waals surface area contributed by atoms with Crippen LogP contribution in [0.5, 0.6) is 0 Å². The van der Waals surface area contributed by atoms with Crippen LogP contribution in [0.3, 0.4) is 0 Å². The van der Waals surface area contributed by atoms with Crippen LogP contribution in [0.15, 0.2) is 24.5 Å². The fourth-order valence-electron chi connectivity index (χ4n) is 3.08. The predicted molar refractivity (Wildman–Crippen MR) is 71.9 cm³/mol. The molecule has 0 bridgehead atoms. The third-order valence-corrected chi connectivity index (χ3v) is 4.03. The van der Waals surface area contributed by atoms with Gasteiger partial charge in [0, 0.05) is 12.4 Å². The van der Waals surface area contributed by atoms with E-state index in [0.29, 0.717) is 0 Å². The van der Waals surface area contributed by atoms with E-state index in [1.165, 1.54) is 50.6 Å². The summed E-state index contributed by atoms with van der Waals surface area (Å²) >= 11 is 0. The molecular weight excluding hydrogens is 208 g/mol. The Balaban J connectivity index is 1.99. The number of aromatic nitrogens is 1. The molecule has 1 fully saturated rings. The highest BCUT2D eigenvalue weighted by atomic mass is 14.8. The SMILES string of the molecule is CNCC1CCCCCC1Cc1ccncc1. The molecule has 2 rings (SSSR count). The Morgan fingerprint density at radius 3 is 2.53 bits per heavy atom. The smallest absolute Gasteiger partial charge is 0.0270 e. The minimum absolute atomic E-state index is 0.854. The van der Waals surface area contributed by atoms with Gasteiger partial charge in [0.2, 0.25) is 0 Å². The first-order chi connectivity index (χ1) is 8.40.